The summed E-state index contributed by atoms with van der Waals surface area (Å²) >= 11 is 0. The number of carboxylic acid groups (broad SMARTS) is 1. The number of aromatic carboxylic acids is 1. The van der Waals surface area contributed by atoms with Gasteiger partial charge in [-0.05, 0) is 24.6 Å². The predicted molar refractivity (Wildman–Crippen MR) is 109 cm³/mol. The Balaban J connectivity index is 1.46. The van der Waals surface area contributed by atoms with Gasteiger partial charge < -0.3 is 29.4 Å². The van der Waals surface area contributed by atoms with Gasteiger partial charge in [-0.1, -0.05) is 0 Å². The normalized spacial score (nSPS) is 24.6. The van der Waals surface area contributed by atoms with Crippen LogP contribution in [0.15, 0.2) is 30.7 Å². The first kappa shape index (κ1) is 20.6. The molecular weight excluding hydrogens is 423 g/mol. The summed E-state index contributed by atoms with van der Waals surface area (Å²) in [7, 11) is 1.60. The van der Waals surface area contributed by atoms with Crippen LogP contribution in [0.5, 0.6) is 5.75 Å². The number of hydrogen-bond acceptors (Lipinski definition) is 8. The molecule has 0 unspecified atom stereocenters. The molecule has 0 bridgehead atoms. The van der Waals surface area contributed by atoms with E-state index in [1.165, 1.54) is 35.2 Å². The summed E-state index contributed by atoms with van der Waals surface area (Å²) in [4.78, 5) is 15.8. The maximum absolute atomic E-state index is 14.1. The second-order valence-corrected chi connectivity index (χ2v) is 7.67. The number of fused-ring (bicyclic) bond motifs is 2. The van der Waals surface area contributed by atoms with E-state index in [1.807, 2.05) is 0 Å². The average molecular weight is 444 g/mol. The van der Waals surface area contributed by atoms with Crippen molar-refractivity contribution in [3.63, 3.8) is 0 Å². The van der Waals surface area contributed by atoms with Crippen molar-refractivity contribution in [2.45, 2.75) is 31.3 Å². The molecule has 2 fully saturated rings. The highest BCUT2D eigenvalue weighted by Crippen LogP contribution is 2.36. The van der Waals surface area contributed by atoms with E-state index in [0.717, 1.165) is 0 Å². The number of anilines is 2. The van der Waals surface area contributed by atoms with Crippen molar-refractivity contribution in [1.29, 1.82) is 0 Å². The maximum Gasteiger partial charge on any atom is 0.337 e. The van der Waals surface area contributed by atoms with Gasteiger partial charge in [0.15, 0.2) is 11.9 Å². The Morgan fingerprint density at radius 3 is 2.78 bits per heavy atom. The molecule has 4 atom stereocenters. The molecule has 5 rings (SSSR count). The van der Waals surface area contributed by atoms with Gasteiger partial charge in [0.1, 0.15) is 41.7 Å². The Bertz CT molecular complexity index is 1180. The maximum atomic E-state index is 14.1. The first-order chi connectivity index (χ1) is 15.5. The fourth-order valence-electron chi connectivity index (χ4n) is 4.19. The topological polar surface area (TPSA) is 116 Å². The third-order valence-electron chi connectivity index (χ3n) is 5.80. The van der Waals surface area contributed by atoms with Gasteiger partial charge in [0.25, 0.3) is 0 Å². The third-order valence-corrected chi connectivity index (χ3v) is 5.80. The summed E-state index contributed by atoms with van der Waals surface area (Å²) in [5.41, 5.74) is 1.56. The monoisotopic (exact) mass is 444 g/mol. The van der Waals surface area contributed by atoms with E-state index in [1.54, 1.807) is 14.0 Å². The zero-order valence-corrected chi connectivity index (χ0v) is 17.3. The first-order valence-corrected chi connectivity index (χ1v) is 10.0. The highest BCUT2D eigenvalue weighted by Gasteiger charge is 2.49. The van der Waals surface area contributed by atoms with Crippen molar-refractivity contribution in [3.05, 3.63) is 47.7 Å². The van der Waals surface area contributed by atoms with Crippen LogP contribution in [-0.2, 0) is 14.2 Å². The van der Waals surface area contributed by atoms with Crippen molar-refractivity contribution >= 4 is 23.0 Å². The molecule has 0 aliphatic carbocycles. The lowest BCUT2D eigenvalue weighted by molar-refractivity contribution is -0.0138. The van der Waals surface area contributed by atoms with Crippen molar-refractivity contribution < 1.29 is 33.2 Å². The molecule has 2 aliphatic rings. The molecule has 11 heteroatoms. The number of aryl methyl sites for hydroxylation is 1. The Morgan fingerprint density at radius 2 is 2.03 bits per heavy atom. The van der Waals surface area contributed by atoms with E-state index < -0.39 is 17.9 Å². The largest absolute Gasteiger partial charge is 0.483 e. The number of benzene rings is 1. The van der Waals surface area contributed by atoms with Gasteiger partial charge in [0.05, 0.1) is 24.5 Å². The lowest BCUT2D eigenvalue weighted by Crippen LogP contribution is -2.35. The minimum atomic E-state index is -1.06. The lowest BCUT2D eigenvalue weighted by atomic mass is 10.1. The van der Waals surface area contributed by atoms with Crippen LogP contribution in [0.1, 0.15) is 15.9 Å². The number of carboxylic acids is 1. The summed E-state index contributed by atoms with van der Waals surface area (Å²) in [6, 6.07) is 4.09. The molecule has 0 amide bonds. The Morgan fingerprint density at radius 1 is 1.28 bits per heavy atom. The van der Waals surface area contributed by atoms with E-state index in [9.17, 15) is 14.3 Å². The van der Waals surface area contributed by atoms with Gasteiger partial charge in [0.2, 0.25) is 0 Å². The molecule has 0 spiro atoms. The number of ether oxygens (including phenoxy) is 4. The first-order valence-electron chi connectivity index (χ1n) is 10.0. The van der Waals surface area contributed by atoms with Crippen molar-refractivity contribution in [2.24, 2.45) is 0 Å². The molecule has 0 saturated carbocycles. The molecule has 0 radical (unpaired) electrons. The highest BCUT2D eigenvalue weighted by molar-refractivity contribution is 5.94. The molecule has 2 saturated heterocycles. The van der Waals surface area contributed by atoms with E-state index in [4.69, 9.17) is 18.9 Å². The fourth-order valence-corrected chi connectivity index (χ4v) is 4.19. The van der Waals surface area contributed by atoms with E-state index in [-0.39, 0.29) is 36.2 Å². The zero-order chi connectivity index (χ0) is 22.4. The van der Waals surface area contributed by atoms with Crippen molar-refractivity contribution in [1.82, 2.24) is 14.6 Å². The number of halogens is 1. The summed E-state index contributed by atoms with van der Waals surface area (Å²) < 4.78 is 38.6. The van der Waals surface area contributed by atoms with Crippen molar-refractivity contribution in [3.8, 4) is 5.75 Å². The Kier molecular flexibility index (Phi) is 5.16. The van der Waals surface area contributed by atoms with Gasteiger partial charge >= 0.3 is 5.97 Å². The van der Waals surface area contributed by atoms with Gasteiger partial charge in [-0.3, -0.25) is 0 Å². The summed E-state index contributed by atoms with van der Waals surface area (Å²) in [5.74, 6) is -0.920. The fraction of sp³-hybridized carbons (Fsp3) is 0.381. The predicted octanol–water partition coefficient (Wildman–Crippen LogP) is 2.18. The SMILES string of the molecule is CO[C@@H]1CO[C@H]2[C@@H]1OC[C@H]2Oc1cc(F)ccc1Nc1ncnn2cc(C(=O)O)c(C)c12. The molecular formula is C21H21FN4O6. The molecule has 2 N–H and O–H groups in total. The minimum Gasteiger partial charge on any atom is -0.483 e. The van der Waals surface area contributed by atoms with E-state index in [2.05, 4.69) is 15.4 Å². The molecule has 4 heterocycles. The van der Waals surface area contributed by atoms with Crippen molar-refractivity contribution in [2.75, 3.05) is 25.6 Å². The van der Waals surface area contributed by atoms with Gasteiger partial charge in [-0.2, -0.15) is 5.10 Å². The van der Waals surface area contributed by atoms with Crippen LogP contribution in [0.3, 0.4) is 0 Å². The number of nitrogens with one attached hydrogen (secondary N) is 1. The number of nitrogens with zero attached hydrogens (tertiary/aromatic N) is 3. The van der Waals surface area contributed by atoms with E-state index >= 15 is 0 Å². The van der Waals surface area contributed by atoms with E-state index in [0.29, 0.717) is 29.2 Å². The number of methoxy groups -OCH3 is 1. The molecule has 10 nitrogen and oxygen atoms in total. The smallest absolute Gasteiger partial charge is 0.337 e. The van der Waals surface area contributed by atoms with Gasteiger partial charge in [-0.15, -0.1) is 0 Å². The molecule has 168 valence electrons. The zero-order valence-electron chi connectivity index (χ0n) is 17.3. The van der Waals surface area contributed by atoms with Gasteiger partial charge in [0, 0.05) is 19.4 Å². The van der Waals surface area contributed by atoms with Crippen LogP contribution < -0.4 is 10.1 Å². The minimum absolute atomic E-state index is 0.115. The molecule has 2 aromatic heterocycles. The van der Waals surface area contributed by atoms with Crippen LogP contribution in [0.25, 0.3) is 5.52 Å². The summed E-state index contributed by atoms with van der Waals surface area (Å²) in [6.45, 7) is 2.36. The number of rotatable bonds is 6. The standard InChI is InChI=1S/C21H21FN4O6/c1-10-12(21(27)28)6-26-17(10)20(23-9-24-26)25-13-4-3-11(22)5-14(13)32-16-8-31-18-15(29-2)7-30-19(16)18/h3-6,9,15-16,18-19H,7-8H2,1-2H3,(H,27,28)(H,23,24,25)/t15-,16-,18-,19-/m1/s1. The van der Waals surface area contributed by atoms with Gasteiger partial charge in [-0.25, -0.2) is 18.7 Å². The highest BCUT2D eigenvalue weighted by atomic mass is 19.1. The molecule has 32 heavy (non-hydrogen) atoms. The molecule has 1 aromatic carbocycles. The Labute approximate surface area is 181 Å². The van der Waals surface area contributed by atoms with Crippen LogP contribution >= 0.6 is 0 Å². The summed E-state index contributed by atoms with van der Waals surface area (Å²) in [5, 5.41) is 16.6. The van der Waals surface area contributed by atoms with Crippen LogP contribution in [0.4, 0.5) is 15.9 Å². The van der Waals surface area contributed by atoms with Crippen LogP contribution in [0.2, 0.25) is 0 Å². The Hall–Kier alpha value is -3.28. The number of carbonyl (C=O) groups is 1. The summed E-state index contributed by atoms with van der Waals surface area (Å²) in [6.07, 6.45) is 1.54. The molecule has 3 aromatic rings. The molecule has 2 aliphatic heterocycles. The second-order valence-electron chi connectivity index (χ2n) is 7.67. The number of hydrogen-bond donors (Lipinski definition) is 2. The number of aromatic nitrogens is 3. The average Bonchev–Trinajstić information content (AvgIpc) is 3.45. The quantitative estimate of drug-likeness (QED) is 0.590. The van der Waals surface area contributed by atoms with Crippen LogP contribution in [-0.4, -0.2) is 70.4 Å². The van der Waals surface area contributed by atoms with Crippen LogP contribution in [0, 0.1) is 12.7 Å². The third kappa shape index (κ3) is 3.44. The lowest BCUT2D eigenvalue weighted by Gasteiger charge is -2.20. The second kappa shape index (κ2) is 8.01.